The van der Waals surface area contributed by atoms with Crippen molar-refractivity contribution >= 4 is 22.3 Å². The lowest BCUT2D eigenvalue weighted by molar-refractivity contribution is 0.196. The third-order valence-corrected chi connectivity index (χ3v) is 6.35. The Morgan fingerprint density at radius 1 is 0.968 bits per heavy atom. The fourth-order valence-corrected chi connectivity index (χ4v) is 4.68. The molecule has 1 aromatic carbocycles. The van der Waals surface area contributed by atoms with Crippen LogP contribution in [0.4, 0.5) is 0 Å². The standard InChI is InChI=1S/C22H22N8O/c1-27-21(31)16-6-2-3-7-17(16)30-19(24-26-22(27)30)14-28-12-9-15(10-13-28)20-25-23-18-8-4-5-11-29(18)20/h2-8,11,15H,9-10,12-14H2,1H3. The van der Waals surface area contributed by atoms with Gasteiger partial charge in [0.2, 0.25) is 5.78 Å². The average molecular weight is 414 g/mol. The van der Waals surface area contributed by atoms with Crippen molar-refractivity contribution < 1.29 is 0 Å². The molecule has 5 heterocycles. The first kappa shape index (κ1) is 18.2. The summed E-state index contributed by atoms with van der Waals surface area (Å²) < 4.78 is 5.68. The number of aromatic nitrogens is 7. The Bertz CT molecular complexity index is 1470. The van der Waals surface area contributed by atoms with Gasteiger partial charge in [-0.3, -0.25) is 23.1 Å². The van der Waals surface area contributed by atoms with Crippen molar-refractivity contribution in [1.29, 1.82) is 0 Å². The zero-order valence-corrected chi connectivity index (χ0v) is 17.2. The van der Waals surface area contributed by atoms with E-state index in [1.165, 1.54) is 0 Å². The van der Waals surface area contributed by atoms with Crippen LogP contribution in [0.2, 0.25) is 0 Å². The first-order valence-electron chi connectivity index (χ1n) is 10.5. The van der Waals surface area contributed by atoms with Crippen LogP contribution in [0.25, 0.3) is 22.3 Å². The lowest BCUT2D eigenvalue weighted by Crippen LogP contribution is -2.33. The van der Waals surface area contributed by atoms with E-state index in [9.17, 15) is 4.79 Å². The van der Waals surface area contributed by atoms with Gasteiger partial charge in [0.25, 0.3) is 5.56 Å². The third kappa shape index (κ3) is 2.84. The van der Waals surface area contributed by atoms with Gasteiger partial charge in [0.15, 0.2) is 11.5 Å². The molecule has 4 aromatic heterocycles. The summed E-state index contributed by atoms with van der Waals surface area (Å²) in [5.74, 6) is 2.87. The fourth-order valence-electron chi connectivity index (χ4n) is 4.68. The summed E-state index contributed by atoms with van der Waals surface area (Å²) in [6, 6.07) is 13.6. The van der Waals surface area contributed by atoms with Crippen LogP contribution < -0.4 is 5.56 Å². The number of hydrogen-bond donors (Lipinski definition) is 0. The Balaban J connectivity index is 1.27. The monoisotopic (exact) mass is 414 g/mol. The van der Waals surface area contributed by atoms with Gasteiger partial charge in [-0.25, -0.2) is 0 Å². The van der Waals surface area contributed by atoms with Gasteiger partial charge in [0.1, 0.15) is 5.82 Å². The Morgan fingerprint density at radius 3 is 2.65 bits per heavy atom. The SMILES string of the molecule is Cn1c(=O)c2ccccc2n2c(CN3CCC(c4nnc5ccccn45)CC3)nnc12. The summed E-state index contributed by atoms with van der Waals surface area (Å²) in [4.78, 5) is 15.0. The smallest absolute Gasteiger partial charge is 0.262 e. The lowest BCUT2D eigenvalue weighted by atomic mass is 9.96. The van der Waals surface area contributed by atoms with Crippen molar-refractivity contribution in [2.75, 3.05) is 13.1 Å². The van der Waals surface area contributed by atoms with E-state index in [2.05, 4.69) is 29.7 Å². The first-order chi connectivity index (χ1) is 15.2. The number of pyridine rings is 1. The summed E-state index contributed by atoms with van der Waals surface area (Å²) in [6.07, 6.45) is 4.08. The number of aryl methyl sites for hydroxylation is 1. The van der Waals surface area contributed by atoms with Gasteiger partial charge >= 0.3 is 0 Å². The number of para-hydroxylation sites is 1. The van der Waals surface area contributed by atoms with Crippen molar-refractivity contribution in [3.63, 3.8) is 0 Å². The average Bonchev–Trinajstić information content (AvgIpc) is 3.43. The molecule has 0 saturated carbocycles. The Morgan fingerprint density at radius 2 is 1.77 bits per heavy atom. The summed E-state index contributed by atoms with van der Waals surface area (Å²) in [5, 5.41) is 18.2. The number of nitrogens with zero attached hydrogens (tertiary/aromatic N) is 8. The molecule has 0 unspecified atom stereocenters. The van der Waals surface area contributed by atoms with Gasteiger partial charge in [-0.2, -0.15) is 0 Å². The van der Waals surface area contributed by atoms with E-state index in [0.29, 0.717) is 23.6 Å². The molecule has 1 aliphatic heterocycles. The zero-order valence-electron chi connectivity index (χ0n) is 17.2. The highest BCUT2D eigenvalue weighted by Gasteiger charge is 2.26. The van der Waals surface area contributed by atoms with E-state index >= 15 is 0 Å². The molecule has 0 bridgehead atoms. The van der Waals surface area contributed by atoms with Gasteiger partial charge in [-0.15, -0.1) is 20.4 Å². The Kier molecular flexibility index (Phi) is 4.10. The second-order valence-corrected chi connectivity index (χ2v) is 8.17. The van der Waals surface area contributed by atoms with Crippen LogP contribution in [0.1, 0.15) is 30.4 Å². The molecule has 0 amide bonds. The lowest BCUT2D eigenvalue weighted by Gasteiger charge is -2.30. The van der Waals surface area contributed by atoms with Gasteiger partial charge in [-0.05, 0) is 50.2 Å². The van der Waals surface area contributed by atoms with Crippen molar-refractivity contribution in [3.05, 3.63) is 70.7 Å². The maximum Gasteiger partial charge on any atom is 0.262 e. The molecular weight excluding hydrogens is 392 g/mol. The van der Waals surface area contributed by atoms with Crippen LogP contribution in [-0.2, 0) is 13.6 Å². The molecule has 0 N–H and O–H groups in total. The molecule has 1 fully saturated rings. The van der Waals surface area contributed by atoms with Crippen LogP contribution in [0.5, 0.6) is 0 Å². The highest BCUT2D eigenvalue weighted by atomic mass is 16.1. The molecule has 0 atom stereocenters. The van der Waals surface area contributed by atoms with Gasteiger partial charge in [-0.1, -0.05) is 18.2 Å². The maximum atomic E-state index is 12.6. The summed E-state index contributed by atoms with van der Waals surface area (Å²) in [5.41, 5.74) is 1.70. The number of likely N-dealkylation sites (tertiary alicyclic amines) is 1. The van der Waals surface area contributed by atoms with Gasteiger partial charge in [0.05, 0.1) is 17.4 Å². The largest absolute Gasteiger partial charge is 0.296 e. The molecule has 1 aliphatic rings. The third-order valence-electron chi connectivity index (χ3n) is 6.35. The second-order valence-electron chi connectivity index (χ2n) is 8.17. The molecule has 0 radical (unpaired) electrons. The fraction of sp³-hybridized carbons (Fsp3) is 0.318. The van der Waals surface area contributed by atoms with E-state index < -0.39 is 0 Å². The normalized spacial score (nSPS) is 16.0. The molecule has 156 valence electrons. The predicted octanol–water partition coefficient (Wildman–Crippen LogP) is 2.00. The topological polar surface area (TPSA) is 85.6 Å². The molecule has 0 spiro atoms. The van der Waals surface area contributed by atoms with Crippen LogP contribution in [0, 0.1) is 0 Å². The summed E-state index contributed by atoms with van der Waals surface area (Å²) in [7, 11) is 1.75. The quantitative estimate of drug-likeness (QED) is 0.449. The minimum absolute atomic E-state index is 0.0524. The molecule has 31 heavy (non-hydrogen) atoms. The van der Waals surface area contributed by atoms with E-state index in [1.807, 2.05) is 53.1 Å². The van der Waals surface area contributed by atoms with Crippen molar-refractivity contribution in [2.24, 2.45) is 7.05 Å². The molecule has 0 aliphatic carbocycles. The van der Waals surface area contributed by atoms with E-state index in [4.69, 9.17) is 0 Å². The number of benzene rings is 1. The minimum Gasteiger partial charge on any atom is -0.296 e. The van der Waals surface area contributed by atoms with Gasteiger partial charge in [0, 0.05) is 19.2 Å². The molecule has 1 saturated heterocycles. The van der Waals surface area contributed by atoms with Crippen molar-refractivity contribution in [2.45, 2.75) is 25.3 Å². The molecule has 5 aromatic rings. The van der Waals surface area contributed by atoms with Crippen LogP contribution in [-0.4, -0.2) is 51.8 Å². The molecule has 6 rings (SSSR count). The first-order valence-corrected chi connectivity index (χ1v) is 10.5. The number of fused-ring (bicyclic) bond motifs is 4. The van der Waals surface area contributed by atoms with Crippen LogP contribution >= 0.6 is 0 Å². The Hall–Kier alpha value is -3.59. The van der Waals surface area contributed by atoms with Crippen LogP contribution in [0.15, 0.2) is 53.5 Å². The summed E-state index contributed by atoms with van der Waals surface area (Å²) >= 11 is 0. The van der Waals surface area contributed by atoms with E-state index in [-0.39, 0.29) is 5.56 Å². The highest BCUT2D eigenvalue weighted by molar-refractivity contribution is 5.80. The number of hydrogen-bond acceptors (Lipinski definition) is 6. The van der Waals surface area contributed by atoms with E-state index in [0.717, 1.165) is 48.7 Å². The van der Waals surface area contributed by atoms with Gasteiger partial charge < -0.3 is 0 Å². The summed E-state index contributed by atoms with van der Waals surface area (Å²) in [6.45, 7) is 2.59. The molecule has 9 heteroatoms. The number of piperidine rings is 1. The molecular formula is C22H22N8O. The highest BCUT2D eigenvalue weighted by Crippen LogP contribution is 2.28. The minimum atomic E-state index is -0.0524. The molecule has 9 nitrogen and oxygen atoms in total. The maximum absolute atomic E-state index is 12.6. The van der Waals surface area contributed by atoms with Crippen molar-refractivity contribution in [1.82, 2.24) is 38.7 Å². The van der Waals surface area contributed by atoms with Crippen molar-refractivity contribution in [3.8, 4) is 0 Å². The Labute approximate surface area is 177 Å². The van der Waals surface area contributed by atoms with Crippen LogP contribution in [0.3, 0.4) is 0 Å². The van der Waals surface area contributed by atoms with E-state index in [1.54, 1.807) is 11.6 Å². The zero-order chi connectivity index (χ0) is 20.9. The number of rotatable bonds is 3. The second kappa shape index (κ2) is 6.98. The predicted molar refractivity (Wildman–Crippen MR) is 116 cm³/mol.